The molecular weight excluding hydrogens is 2230 g/mol. The number of ether oxygens (including phenoxy) is 10. The SMILES string of the molecule is C.C.C.C.CC1(C(=O)[C@@H](N)Cc2ccccc2)CO1.COC(=O)C(CC(=O)[C@H](C)NC(=O)OCc1ccccc1)Cc1ccc(OC)cc1.COc1ccc(CC(CC(=O)[C@H](C)NC(=O)OCc2ccccc2)C(=O)N[C@@H](Cc2ccccc2)C(=O)C2(C)CO2)cc1.COc1ccc(CC(CC(=O)[C@H](C)NC(=O)OCc2ccccc2)C(=O)O)cc1.C[C@H](NC(=O)OCc1ccccc1)C(=O)O.[3H][3H].[U].[U]. The first-order valence-electron chi connectivity index (χ1n) is 44.1. The molecule has 748 valence electrons. The number of amides is 5. The van der Waals surface area contributed by atoms with Crippen LogP contribution < -0.4 is 46.5 Å². The van der Waals surface area contributed by atoms with E-state index in [-0.39, 0.29) is 179 Å². The molecule has 5 unspecified atom stereocenters. The molecule has 9 N–H and O–H groups in total. The average Bonchev–Trinajstić information content (AvgIpc) is 1.65. The fourth-order valence-corrected chi connectivity index (χ4v) is 12.9. The summed E-state index contributed by atoms with van der Waals surface area (Å²) in [6.45, 7) is 10.7. The Morgan fingerprint density at radius 1 is 0.345 bits per heavy atom. The van der Waals surface area contributed by atoms with Crippen molar-refractivity contribution >= 4 is 77.1 Å². The van der Waals surface area contributed by atoms with Crippen LogP contribution in [0.25, 0.3) is 0 Å². The van der Waals surface area contributed by atoms with Crippen LogP contribution >= 0.6 is 0 Å². The number of methoxy groups -OCH3 is 4. The zero-order valence-electron chi connectivity index (χ0n) is 79.2. The third kappa shape index (κ3) is 46.3. The van der Waals surface area contributed by atoms with E-state index < -0.39 is 113 Å². The third-order valence-corrected chi connectivity index (χ3v) is 21.3. The van der Waals surface area contributed by atoms with Gasteiger partial charge in [0, 0.05) is 90.4 Å². The number of esters is 1. The van der Waals surface area contributed by atoms with E-state index in [1.165, 1.54) is 21.0 Å². The number of epoxide rings is 2. The molecule has 2 aliphatic heterocycles. The molecule has 31 nitrogen and oxygen atoms in total. The van der Waals surface area contributed by atoms with Crippen molar-refractivity contribution in [3.8, 4) is 17.2 Å². The van der Waals surface area contributed by atoms with Gasteiger partial charge in [0.25, 0.3) is 0 Å². The molecule has 0 bridgehead atoms. The van der Waals surface area contributed by atoms with Crippen LogP contribution in [0.4, 0.5) is 19.2 Å². The van der Waals surface area contributed by atoms with Crippen molar-refractivity contribution in [2.75, 3.05) is 41.7 Å². The maximum atomic E-state index is 13.8. The number of hydrogen-bond acceptors (Lipinski definition) is 24. The average molecular weight is 2370 g/mol. The molecule has 0 saturated carbocycles. The van der Waals surface area contributed by atoms with Crippen LogP contribution in [0.2, 0.25) is 0 Å². The Morgan fingerprint density at radius 3 is 0.878 bits per heavy atom. The molecule has 0 aromatic heterocycles. The largest absolute Gasteiger partial charge is 0.497 e. The Morgan fingerprint density at radius 2 is 0.597 bits per heavy atom. The molecule has 5 amide bonds. The smallest absolute Gasteiger partial charge is 0.408 e. The molecule has 11 atom stereocenters. The molecule has 9 aromatic rings. The summed E-state index contributed by atoms with van der Waals surface area (Å²) in [5.41, 5.74) is 12.1. The fraction of sp³-hybridized carbons (Fsp3) is 0.368. The predicted molar refractivity (Wildman–Crippen MR) is 522 cm³/mol. The van der Waals surface area contributed by atoms with Crippen LogP contribution in [-0.2, 0) is 135 Å². The van der Waals surface area contributed by atoms with Crippen LogP contribution in [0.15, 0.2) is 255 Å². The molecule has 2 fully saturated rings. The first-order chi connectivity index (χ1) is 64.7. The fourth-order valence-electron chi connectivity index (χ4n) is 12.9. The number of carbonyl (C=O) groups excluding carboxylic acids is 11. The van der Waals surface area contributed by atoms with Gasteiger partial charge in [-0.05, 0) is 160 Å². The van der Waals surface area contributed by atoms with E-state index >= 15 is 0 Å². The number of aliphatic carboxylic acids is 2. The van der Waals surface area contributed by atoms with Crippen LogP contribution in [0.3, 0.4) is 0 Å². The zero-order valence-corrected chi connectivity index (χ0v) is 85.5. The summed E-state index contributed by atoms with van der Waals surface area (Å²) in [5.74, 6) is -4.57. The quantitative estimate of drug-likeness (QED) is 0.00999. The van der Waals surface area contributed by atoms with Crippen LogP contribution in [0, 0.1) is 80.0 Å². The van der Waals surface area contributed by atoms with Crippen LogP contribution in [0.1, 0.15) is 144 Å². The topological polar surface area (TPSA) is 447 Å². The molecular formula is C106H136N6O25U2. The molecule has 0 spiro atoms. The van der Waals surface area contributed by atoms with Crippen LogP contribution in [-0.4, -0.2) is 176 Å². The summed E-state index contributed by atoms with van der Waals surface area (Å²) in [6, 6.07) is 72.6. The minimum Gasteiger partial charge on any atom is -0.497 e. The predicted octanol–water partition coefficient (Wildman–Crippen LogP) is 15.8. The van der Waals surface area contributed by atoms with Crippen molar-refractivity contribution in [1.29, 1.82) is 0 Å². The van der Waals surface area contributed by atoms with E-state index in [0.717, 1.165) is 50.1 Å². The number of ketones is 5. The first-order valence-corrected chi connectivity index (χ1v) is 43.1. The van der Waals surface area contributed by atoms with E-state index in [1.54, 1.807) is 97.6 Å². The zero-order chi connectivity index (χ0) is 98.8. The molecule has 0 radical (unpaired) electrons. The van der Waals surface area contributed by atoms with Gasteiger partial charge in [0.1, 0.15) is 60.9 Å². The molecule has 11 rings (SSSR count). The summed E-state index contributed by atoms with van der Waals surface area (Å²) >= 11 is 0. The van der Waals surface area contributed by atoms with Gasteiger partial charge in [-0.2, -0.15) is 0 Å². The van der Waals surface area contributed by atoms with Crippen molar-refractivity contribution < 1.29 is 185 Å². The monoisotopic (exact) mass is 2370 g/mol. The molecule has 2 heterocycles. The molecule has 2 saturated heterocycles. The van der Waals surface area contributed by atoms with Gasteiger partial charge in [-0.15, -0.1) is 0 Å². The van der Waals surface area contributed by atoms with E-state index in [1.807, 2.05) is 206 Å². The minimum atomic E-state index is -1.10. The Labute approximate surface area is 866 Å². The number of carboxylic acid groups (broad SMARTS) is 2. The Kier molecular flexibility index (Phi) is 57.8. The maximum absolute atomic E-state index is 13.8. The van der Waals surface area contributed by atoms with Gasteiger partial charge in [0.15, 0.2) is 28.9 Å². The summed E-state index contributed by atoms with van der Waals surface area (Å²) in [6.07, 6.45) is -1.63. The molecule has 9 aromatic carbocycles. The number of nitrogens with one attached hydrogen (secondary N) is 5. The molecule has 0 aliphatic carbocycles. The third-order valence-electron chi connectivity index (χ3n) is 21.3. The Hall–Kier alpha value is -12.3. The van der Waals surface area contributed by atoms with E-state index in [0.29, 0.717) is 49.7 Å². The Balaban J connectivity index is 0.00000179. The number of Topliss-reactive ketones (excluding diaryl/α,β-unsaturated/α-hetero) is 5. The summed E-state index contributed by atoms with van der Waals surface area (Å²) < 4.78 is 61.1. The maximum Gasteiger partial charge on any atom is 0.408 e. The number of rotatable bonds is 43. The van der Waals surface area contributed by atoms with Gasteiger partial charge in [0.05, 0.1) is 83.7 Å². The standard InChI is InChI=1S/C34H38N2O7.C23H27NO6.C22H25NO6.C12H15NO2.C11H13NO4.4CH4.2U.H2/c1-23(35-33(40)42-21-26-12-8-5-9-13-26)30(37)20-27(18-25-14-16-28(41-3)17-15-25)32(39)36-29(31(38)34(2)22-43-34)19-24-10-6-4-7-11-24;1-16(24-23(27)30-15-18-7-5-4-6-8-18)21(25)14-19(22(26)29-3)13-17-9-11-20(28-2)12-10-17;1-15(23-22(27)29-14-17-6-4-3-5-7-17)20(24)13-18(21(25)26)12-16-8-10-19(28-2)11-9-16;1-12(8-15-12)11(14)10(13)7-9-5-3-2-4-6-9;1-8(10(13)14)12-11(15)16-7-9-5-3-2-4-6-9;;;;;;;/h4-17,23,27,29H,18-22H2,1-3H3,(H,35,40)(H,36,39);4-12,16,19H,13-15H2,1-3H3,(H,24,27);3-11,15,18H,12-14H2,1-2H3,(H,23,27)(H,25,26);2-6,10H,7-8,13H2,1H3;2-6,8H,7H2,1H3,(H,12,15)(H,13,14);4*1H4;;;1H/t23-,27?,29-,34?;16-,19?;15-,18?;10-,12?;8-;;;;;;;/m00000......./s1/i;;;;;;;;;;;1+2T. The second-order valence-corrected chi connectivity index (χ2v) is 32.0. The first kappa shape index (κ1) is 123. The number of carboxylic acids is 2. The van der Waals surface area contributed by atoms with Crippen molar-refractivity contribution in [3.05, 3.63) is 305 Å². The van der Waals surface area contributed by atoms with Gasteiger partial charge in [-0.25, -0.2) is 19.2 Å². The van der Waals surface area contributed by atoms with E-state index in [9.17, 15) is 67.4 Å². The van der Waals surface area contributed by atoms with Gasteiger partial charge in [0.2, 0.25) is 5.91 Å². The van der Waals surface area contributed by atoms with Crippen molar-refractivity contribution in [2.24, 2.45) is 23.5 Å². The molecule has 139 heavy (non-hydrogen) atoms. The van der Waals surface area contributed by atoms with Gasteiger partial charge >= 0.3 is 42.3 Å². The molecule has 33 heteroatoms. The van der Waals surface area contributed by atoms with Crippen LogP contribution in [0.5, 0.6) is 17.2 Å². The summed E-state index contributed by atoms with van der Waals surface area (Å²) in [4.78, 5) is 159. The van der Waals surface area contributed by atoms with Crippen molar-refractivity contribution in [3.63, 3.8) is 0 Å². The van der Waals surface area contributed by atoms with E-state index in [4.69, 9.17) is 61.2 Å². The second-order valence-electron chi connectivity index (χ2n) is 32.0. The van der Waals surface area contributed by atoms with Crippen molar-refractivity contribution in [2.45, 2.75) is 196 Å². The number of hydrogen-bond donors (Lipinski definition) is 8. The number of alkyl carbamates (subject to hydrolysis) is 4. The van der Waals surface area contributed by atoms with E-state index in [2.05, 4.69) is 26.6 Å². The number of carbonyl (C=O) groups is 13. The normalized spacial score (nSPS) is 14.9. The minimum absolute atomic E-state index is 0. The van der Waals surface area contributed by atoms with Crippen molar-refractivity contribution in [1.82, 2.24) is 26.6 Å². The second kappa shape index (κ2) is 65.5. The van der Waals surface area contributed by atoms with Gasteiger partial charge < -0.3 is 89.9 Å². The molecule has 2 aliphatic rings. The van der Waals surface area contributed by atoms with Gasteiger partial charge in [-0.1, -0.05) is 248 Å². The summed E-state index contributed by atoms with van der Waals surface area (Å²) in [5, 5.41) is 30.7. The van der Waals surface area contributed by atoms with Gasteiger partial charge in [-0.3, -0.25) is 43.2 Å². The number of nitrogens with two attached hydrogens (primary N) is 1. The summed E-state index contributed by atoms with van der Waals surface area (Å²) in [7, 11) is 5.98. The Bertz CT molecular complexity index is 5220. The number of benzene rings is 9.